The predicted molar refractivity (Wildman–Crippen MR) is 274 cm³/mol. The molecule has 5 aromatic carbocycles. The Labute approximate surface area is 425 Å². The zero-order chi connectivity index (χ0) is 51.3. The van der Waals surface area contributed by atoms with E-state index in [9.17, 15) is 14.9 Å². The number of anilines is 1. The van der Waals surface area contributed by atoms with Gasteiger partial charge in [-0.3, -0.25) is 9.36 Å². The Kier molecular flexibility index (Phi) is 17.4. The van der Waals surface area contributed by atoms with Gasteiger partial charge in [0.05, 0.1) is 51.8 Å². The van der Waals surface area contributed by atoms with Gasteiger partial charge in [-0.2, -0.15) is 5.26 Å². The molecule has 8 rings (SSSR count). The Balaban J connectivity index is 1.32. The molecular weight excluding hydrogens is 950 g/mol. The Morgan fingerprint density at radius 1 is 0.781 bits per heavy atom. The molecule has 1 aliphatic rings. The molecule has 1 N–H and O–H groups in total. The second-order valence-electron chi connectivity index (χ2n) is 17.4. The summed E-state index contributed by atoms with van der Waals surface area (Å²) in [4.78, 5) is 41.9. The second-order valence-corrected chi connectivity index (χ2v) is 18.8. The van der Waals surface area contributed by atoms with Crippen molar-refractivity contribution >= 4 is 37.4 Å². The van der Waals surface area contributed by atoms with Crippen molar-refractivity contribution in [2.24, 2.45) is 0 Å². The number of rotatable bonds is 22. The molecule has 1 amide bonds. The van der Waals surface area contributed by atoms with E-state index in [2.05, 4.69) is 26.0 Å². The highest BCUT2D eigenvalue weighted by molar-refractivity contribution is 7.44. The van der Waals surface area contributed by atoms with E-state index >= 15 is 0 Å². The van der Waals surface area contributed by atoms with Crippen molar-refractivity contribution in [3.05, 3.63) is 174 Å². The number of nitrogens with zero attached hydrogens (tertiary/aromatic N) is 6. The van der Waals surface area contributed by atoms with Gasteiger partial charge in [-0.1, -0.05) is 91.0 Å². The first-order valence-corrected chi connectivity index (χ1v) is 25.0. The summed E-state index contributed by atoms with van der Waals surface area (Å²) in [6, 6.07) is 44.5. The fraction of sp³-hybridized carbons (Fsp3) is 0.309. The van der Waals surface area contributed by atoms with Gasteiger partial charge in [0, 0.05) is 12.1 Å². The van der Waals surface area contributed by atoms with E-state index in [4.69, 9.17) is 42.5 Å². The Morgan fingerprint density at radius 3 is 1.96 bits per heavy atom. The van der Waals surface area contributed by atoms with Crippen molar-refractivity contribution in [1.82, 2.24) is 24.2 Å². The first-order chi connectivity index (χ1) is 35.5. The first-order valence-electron chi connectivity index (χ1n) is 23.8. The lowest BCUT2D eigenvalue weighted by molar-refractivity contribution is -0.243. The highest BCUT2D eigenvalue weighted by Crippen LogP contribution is 2.51. The number of carbonyl (C=O) groups excluding carboxylic acids is 2. The number of para-hydroxylation sites is 1. The van der Waals surface area contributed by atoms with Crippen LogP contribution in [0.25, 0.3) is 11.2 Å². The van der Waals surface area contributed by atoms with Crippen LogP contribution in [0.15, 0.2) is 152 Å². The molecule has 0 spiro atoms. The highest BCUT2D eigenvalue weighted by Gasteiger charge is 2.53. The number of nitrogens with one attached hydrogen (secondary N) is 1. The van der Waals surface area contributed by atoms with E-state index in [1.807, 2.05) is 131 Å². The second kappa shape index (κ2) is 24.4. The molecule has 1 unspecified atom stereocenters. The van der Waals surface area contributed by atoms with Gasteiger partial charge in [0.1, 0.15) is 41.4 Å². The number of ether oxygens (including phenoxy) is 6. The van der Waals surface area contributed by atoms with Crippen molar-refractivity contribution < 1.29 is 47.1 Å². The lowest BCUT2D eigenvalue weighted by Gasteiger charge is -2.48. The zero-order valence-electron chi connectivity index (χ0n) is 41.4. The molecule has 5 atom stereocenters. The number of esters is 1. The number of benzene rings is 5. The third-order valence-corrected chi connectivity index (χ3v) is 14.2. The maximum absolute atomic E-state index is 14.7. The molecule has 73 heavy (non-hydrogen) atoms. The Hall–Kier alpha value is -7.29. The normalized spacial score (nSPS) is 17.3. The molecule has 1 fully saturated rings. The highest BCUT2D eigenvalue weighted by atomic mass is 31.2. The van der Waals surface area contributed by atoms with Gasteiger partial charge in [-0.25, -0.2) is 24.4 Å². The van der Waals surface area contributed by atoms with Gasteiger partial charge >= 0.3 is 5.97 Å². The lowest BCUT2D eigenvalue weighted by atomic mass is 9.79. The largest absolute Gasteiger partial charge is 0.497 e. The van der Waals surface area contributed by atoms with Gasteiger partial charge in [0.15, 0.2) is 35.9 Å². The molecular formula is C55H58N7O10P. The molecule has 0 bridgehead atoms. The topological polar surface area (TPSA) is 191 Å². The van der Waals surface area contributed by atoms with Crippen LogP contribution in [0, 0.1) is 11.3 Å². The quantitative estimate of drug-likeness (QED) is 0.0292. The average Bonchev–Trinajstić information content (AvgIpc) is 3.86. The minimum absolute atomic E-state index is 0.0599. The fourth-order valence-electron chi connectivity index (χ4n) is 8.73. The summed E-state index contributed by atoms with van der Waals surface area (Å²) < 4.78 is 56.0. The number of fused-ring (bicyclic) bond motifs is 1. The van der Waals surface area contributed by atoms with Gasteiger partial charge in [0.2, 0.25) is 0 Å². The van der Waals surface area contributed by atoms with Crippen LogP contribution in [0.3, 0.4) is 0 Å². The van der Waals surface area contributed by atoms with Gasteiger partial charge in [-0.05, 0) is 92.9 Å². The van der Waals surface area contributed by atoms with Crippen molar-refractivity contribution in [3.8, 4) is 23.3 Å². The van der Waals surface area contributed by atoms with Crippen LogP contribution >= 0.6 is 8.53 Å². The molecule has 3 heterocycles. The molecule has 18 heteroatoms. The first kappa shape index (κ1) is 52.0. The minimum atomic E-state index is -1.92. The van der Waals surface area contributed by atoms with E-state index in [0.29, 0.717) is 39.5 Å². The summed E-state index contributed by atoms with van der Waals surface area (Å²) in [7, 11) is 1.28. The summed E-state index contributed by atoms with van der Waals surface area (Å²) in [5, 5.41) is 12.4. The van der Waals surface area contributed by atoms with Gasteiger partial charge in [-0.15, -0.1) is 0 Å². The molecule has 378 valence electrons. The summed E-state index contributed by atoms with van der Waals surface area (Å²) in [5.74, 6) is 0.770. The summed E-state index contributed by atoms with van der Waals surface area (Å²) in [6.07, 6.45) is -1.77. The number of methoxy groups -OCH3 is 2. The minimum Gasteiger partial charge on any atom is -0.497 e. The molecule has 0 radical (unpaired) electrons. The van der Waals surface area contributed by atoms with E-state index < -0.39 is 50.5 Å². The van der Waals surface area contributed by atoms with Crippen LogP contribution in [0.5, 0.6) is 17.2 Å². The number of imidazole rings is 1. The van der Waals surface area contributed by atoms with Crippen LogP contribution in [0.2, 0.25) is 0 Å². The smallest absolute Gasteiger partial charge is 0.338 e. The third kappa shape index (κ3) is 12.0. The molecule has 0 saturated carbocycles. The maximum atomic E-state index is 14.7. The summed E-state index contributed by atoms with van der Waals surface area (Å²) >= 11 is 0. The maximum Gasteiger partial charge on any atom is 0.338 e. The van der Waals surface area contributed by atoms with E-state index in [1.54, 1.807) is 55.2 Å². The predicted octanol–water partition coefficient (Wildman–Crippen LogP) is 9.65. The lowest BCUT2D eigenvalue weighted by Crippen LogP contribution is -2.57. The van der Waals surface area contributed by atoms with Crippen molar-refractivity contribution in [3.63, 3.8) is 0 Å². The van der Waals surface area contributed by atoms with Crippen LogP contribution < -0.4 is 19.5 Å². The number of hydrogen-bond acceptors (Lipinski definition) is 15. The summed E-state index contributed by atoms with van der Waals surface area (Å²) in [5.41, 5.74) is 1.40. The van der Waals surface area contributed by atoms with Crippen LogP contribution in [-0.4, -0.2) is 101 Å². The van der Waals surface area contributed by atoms with Crippen LogP contribution in [0.1, 0.15) is 67.4 Å². The number of amides is 1. The van der Waals surface area contributed by atoms with E-state index in [1.165, 1.54) is 12.7 Å². The van der Waals surface area contributed by atoms with E-state index in [-0.39, 0.29) is 55.3 Å². The van der Waals surface area contributed by atoms with Crippen molar-refractivity contribution in [2.75, 3.05) is 39.4 Å². The SMILES string of the molecule is COc1ccc(C(O[C@@H]2[C@@H](OC(=O)c3ccccc3)[C@@H](OP(OCCC#N)N(C(C)C)C(C)C)CO[C@H]2n2cnc3c(NC(=O)COc4ccccc4)ncnc32)(c2ccccc2)c2ccc(OC)cc2)cc1. The number of carbonyl (C=O) groups is 2. The Bertz CT molecular complexity index is 2870. The molecule has 2 aromatic heterocycles. The average molecular weight is 1010 g/mol. The summed E-state index contributed by atoms with van der Waals surface area (Å²) in [6.45, 7) is 7.80. The van der Waals surface area contributed by atoms with Crippen molar-refractivity contribution in [1.29, 1.82) is 5.26 Å². The van der Waals surface area contributed by atoms with Crippen LogP contribution in [-0.2, 0) is 33.7 Å². The molecule has 7 aromatic rings. The van der Waals surface area contributed by atoms with E-state index in [0.717, 1.165) is 0 Å². The molecule has 17 nitrogen and oxygen atoms in total. The van der Waals surface area contributed by atoms with Crippen molar-refractivity contribution in [2.45, 2.75) is 76.3 Å². The van der Waals surface area contributed by atoms with Crippen LogP contribution in [0.4, 0.5) is 5.82 Å². The molecule has 1 aliphatic heterocycles. The molecule has 1 saturated heterocycles. The number of aromatic nitrogens is 4. The number of nitriles is 1. The fourth-order valence-corrected chi connectivity index (χ4v) is 10.4. The monoisotopic (exact) mass is 1010 g/mol. The van der Waals surface area contributed by atoms with Gasteiger partial charge in [0.25, 0.3) is 14.4 Å². The van der Waals surface area contributed by atoms with Gasteiger partial charge < -0.3 is 42.8 Å². The number of hydrogen-bond donors (Lipinski definition) is 1. The standard InChI is InChI=1S/C55H58N7O10P/c1-37(2)62(38(3)4)73(69-32-16-31-56)72-46-33-68-53(61-36-59-48-51(57-35-58-52(48)61)60-47(63)34-67-45-21-14-9-15-22-45)50(49(46)70-54(64)39-17-10-7-11-18-39)71-55(40-19-12-8-13-20-40,41-23-27-43(65-5)28-24-41)42-25-29-44(66-6)30-26-42/h7-15,17-30,35-38,46,49-50,53H,16,32-34H2,1-6H3,(H,57,58,60,63)/t46-,49-,50+,53+,73?/m0/s1. The third-order valence-electron chi connectivity index (χ3n) is 12.0. The Morgan fingerprint density at radius 2 is 1.37 bits per heavy atom. The molecule has 0 aliphatic carbocycles. The zero-order valence-corrected chi connectivity index (χ0v) is 42.3.